The zero-order valence-electron chi connectivity index (χ0n) is 17.7. The van der Waals surface area contributed by atoms with E-state index < -0.39 is 54.1 Å². The first-order chi connectivity index (χ1) is 15.2. The highest BCUT2D eigenvalue weighted by Crippen LogP contribution is 2.06. The number of rotatable bonds is 14. The molecule has 1 rings (SSSR count). The molecule has 0 aliphatic rings. The fraction of sp³-hybridized carbons (Fsp3) is 0.450. The Kier molecular flexibility index (Phi) is 11.8. The predicted molar refractivity (Wildman–Crippen MR) is 119 cm³/mol. The van der Waals surface area contributed by atoms with Crippen molar-refractivity contribution in [2.45, 2.75) is 37.4 Å². The molecule has 12 heteroatoms. The van der Waals surface area contributed by atoms with Gasteiger partial charge in [-0.25, -0.2) is 4.79 Å². The third-order valence-corrected chi connectivity index (χ3v) is 5.03. The summed E-state index contributed by atoms with van der Waals surface area (Å²) < 4.78 is 0. The number of aliphatic carboxylic acids is 1. The number of benzene rings is 1. The monoisotopic (exact) mass is 467 g/mol. The van der Waals surface area contributed by atoms with Crippen LogP contribution in [0.5, 0.6) is 0 Å². The normalized spacial score (nSPS) is 13.3. The lowest BCUT2D eigenvalue weighted by molar-refractivity contribution is -0.142. The Balaban J connectivity index is 2.99. The van der Waals surface area contributed by atoms with E-state index in [-0.39, 0.29) is 19.4 Å². The molecule has 0 aromatic heterocycles. The van der Waals surface area contributed by atoms with Gasteiger partial charge in [-0.15, -0.1) is 0 Å². The summed E-state index contributed by atoms with van der Waals surface area (Å²) in [4.78, 5) is 60.2. The van der Waals surface area contributed by atoms with E-state index in [1.54, 1.807) is 36.6 Å². The maximum atomic E-state index is 12.9. The summed E-state index contributed by atoms with van der Waals surface area (Å²) in [5.74, 6) is -3.82. The number of amides is 4. The highest BCUT2D eigenvalue weighted by atomic mass is 32.2. The molecule has 4 amide bonds. The molecule has 1 aromatic rings. The van der Waals surface area contributed by atoms with Crippen molar-refractivity contribution in [3.63, 3.8) is 0 Å². The van der Waals surface area contributed by atoms with Crippen molar-refractivity contribution in [3.8, 4) is 0 Å². The molecule has 0 fully saturated rings. The molecule has 0 aliphatic heterocycles. The van der Waals surface area contributed by atoms with Crippen molar-refractivity contribution in [1.82, 2.24) is 16.0 Å². The Bertz CT molecular complexity index is 807. The lowest BCUT2D eigenvalue weighted by Gasteiger charge is -2.24. The van der Waals surface area contributed by atoms with E-state index in [9.17, 15) is 29.1 Å². The zero-order valence-corrected chi connectivity index (χ0v) is 18.5. The Morgan fingerprint density at radius 1 is 0.969 bits per heavy atom. The molecule has 0 radical (unpaired) electrons. The van der Waals surface area contributed by atoms with Gasteiger partial charge in [-0.3, -0.25) is 19.2 Å². The topological polar surface area (TPSA) is 194 Å². The van der Waals surface area contributed by atoms with Gasteiger partial charge in [0.05, 0.1) is 13.0 Å². The van der Waals surface area contributed by atoms with Crippen LogP contribution < -0.4 is 27.4 Å². The second kappa shape index (κ2) is 14.0. The summed E-state index contributed by atoms with van der Waals surface area (Å²) >= 11 is 1.41. The maximum absolute atomic E-state index is 12.9. The average Bonchev–Trinajstić information content (AvgIpc) is 2.75. The van der Waals surface area contributed by atoms with Gasteiger partial charge in [-0.2, -0.15) is 11.8 Å². The van der Waals surface area contributed by atoms with Crippen molar-refractivity contribution in [3.05, 3.63) is 35.9 Å². The first-order valence-corrected chi connectivity index (χ1v) is 11.2. The standard InChI is InChI=1S/C20H29N5O6S/c1-32-8-7-13(20(30)31)24-19(29)15(10-16(22)26)25-18(28)14(23-17(27)11-21)9-12-5-3-2-4-6-12/h2-6,13-15H,7-11,21H2,1H3,(H2,22,26)(H,23,27)(H,24,29)(H,25,28)(H,30,31). The molecule has 0 saturated heterocycles. The number of carbonyl (C=O) groups excluding carboxylic acids is 4. The molecular formula is C20H29N5O6S. The Hall–Kier alpha value is -3.12. The second-order valence-electron chi connectivity index (χ2n) is 6.93. The van der Waals surface area contributed by atoms with E-state index in [1.165, 1.54) is 11.8 Å². The van der Waals surface area contributed by atoms with Gasteiger partial charge in [0, 0.05) is 6.42 Å². The number of thioether (sulfide) groups is 1. The van der Waals surface area contributed by atoms with Crippen LogP contribution in [0.2, 0.25) is 0 Å². The zero-order chi connectivity index (χ0) is 24.1. The van der Waals surface area contributed by atoms with Gasteiger partial charge in [0.1, 0.15) is 18.1 Å². The van der Waals surface area contributed by atoms with Gasteiger partial charge < -0.3 is 32.5 Å². The predicted octanol–water partition coefficient (Wildman–Crippen LogP) is -1.64. The molecule has 0 heterocycles. The van der Waals surface area contributed by atoms with Gasteiger partial charge >= 0.3 is 5.97 Å². The van der Waals surface area contributed by atoms with Crippen LogP contribution in [-0.2, 0) is 30.4 Å². The number of carboxylic acids is 1. The largest absolute Gasteiger partial charge is 0.480 e. The molecule has 0 spiro atoms. The molecule has 0 bridgehead atoms. The molecule has 0 saturated carbocycles. The first-order valence-electron chi connectivity index (χ1n) is 9.82. The van der Waals surface area contributed by atoms with E-state index in [0.29, 0.717) is 5.75 Å². The Morgan fingerprint density at radius 2 is 1.56 bits per heavy atom. The van der Waals surface area contributed by atoms with Crippen molar-refractivity contribution in [2.24, 2.45) is 11.5 Å². The summed E-state index contributed by atoms with van der Waals surface area (Å²) in [6.45, 7) is -0.348. The minimum Gasteiger partial charge on any atom is -0.480 e. The fourth-order valence-corrected chi connectivity index (χ4v) is 3.23. The summed E-state index contributed by atoms with van der Waals surface area (Å²) in [5.41, 5.74) is 11.3. The summed E-state index contributed by atoms with van der Waals surface area (Å²) in [6.07, 6.45) is 1.51. The van der Waals surface area contributed by atoms with Gasteiger partial charge in [0.25, 0.3) is 0 Å². The Morgan fingerprint density at radius 3 is 2.09 bits per heavy atom. The van der Waals surface area contributed by atoms with E-state index >= 15 is 0 Å². The molecule has 3 atom stereocenters. The average molecular weight is 468 g/mol. The molecule has 32 heavy (non-hydrogen) atoms. The smallest absolute Gasteiger partial charge is 0.326 e. The van der Waals surface area contributed by atoms with Crippen LogP contribution in [0.25, 0.3) is 0 Å². The molecule has 176 valence electrons. The van der Waals surface area contributed by atoms with E-state index in [0.717, 1.165) is 5.56 Å². The summed E-state index contributed by atoms with van der Waals surface area (Å²) in [7, 11) is 0. The number of nitrogens with two attached hydrogens (primary N) is 2. The minimum atomic E-state index is -1.41. The van der Waals surface area contributed by atoms with Crippen LogP contribution in [-0.4, -0.2) is 71.4 Å². The molecule has 0 aliphatic carbocycles. The third-order valence-electron chi connectivity index (χ3n) is 4.38. The van der Waals surface area contributed by atoms with Crippen molar-refractivity contribution in [1.29, 1.82) is 0 Å². The summed E-state index contributed by atoms with van der Waals surface area (Å²) in [6, 6.07) is 5.14. The molecule has 8 N–H and O–H groups in total. The van der Waals surface area contributed by atoms with Crippen molar-refractivity contribution in [2.75, 3.05) is 18.6 Å². The SMILES string of the molecule is CSCCC(NC(=O)C(CC(N)=O)NC(=O)C(Cc1ccccc1)NC(=O)CN)C(=O)O. The Labute approximate surface area is 190 Å². The van der Waals surface area contributed by atoms with Crippen LogP contribution in [0.4, 0.5) is 0 Å². The van der Waals surface area contributed by atoms with Crippen LogP contribution >= 0.6 is 11.8 Å². The van der Waals surface area contributed by atoms with Crippen molar-refractivity contribution < 1.29 is 29.1 Å². The number of nitrogens with one attached hydrogen (secondary N) is 3. The number of hydrogen-bond acceptors (Lipinski definition) is 7. The summed E-state index contributed by atoms with van der Waals surface area (Å²) in [5, 5.41) is 16.5. The fourth-order valence-electron chi connectivity index (χ4n) is 2.76. The number of primary amides is 1. The molecule has 1 aromatic carbocycles. The molecule has 3 unspecified atom stereocenters. The quantitative estimate of drug-likeness (QED) is 0.187. The van der Waals surface area contributed by atoms with Gasteiger partial charge in [-0.1, -0.05) is 30.3 Å². The molecular weight excluding hydrogens is 438 g/mol. The van der Waals surface area contributed by atoms with Gasteiger partial charge in [0.2, 0.25) is 23.6 Å². The lowest BCUT2D eigenvalue weighted by Crippen LogP contribution is -2.57. The number of hydrogen-bond donors (Lipinski definition) is 6. The van der Waals surface area contributed by atoms with Gasteiger partial charge in [0.15, 0.2) is 0 Å². The van der Waals surface area contributed by atoms with Crippen LogP contribution in [0.15, 0.2) is 30.3 Å². The third kappa shape index (κ3) is 9.79. The highest BCUT2D eigenvalue weighted by molar-refractivity contribution is 7.98. The number of carboxylic acid groups (broad SMARTS) is 1. The van der Waals surface area contributed by atoms with Crippen LogP contribution in [0, 0.1) is 0 Å². The maximum Gasteiger partial charge on any atom is 0.326 e. The van der Waals surface area contributed by atoms with Crippen molar-refractivity contribution >= 4 is 41.4 Å². The van der Waals surface area contributed by atoms with Gasteiger partial charge in [-0.05, 0) is 24.0 Å². The van der Waals surface area contributed by atoms with Crippen LogP contribution in [0.3, 0.4) is 0 Å². The second-order valence-corrected chi connectivity index (χ2v) is 7.91. The number of carbonyl (C=O) groups is 5. The minimum absolute atomic E-state index is 0.106. The molecule has 11 nitrogen and oxygen atoms in total. The first kappa shape index (κ1) is 26.9. The highest BCUT2D eigenvalue weighted by Gasteiger charge is 2.30. The lowest BCUT2D eigenvalue weighted by atomic mass is 10.0. The van der Waals surface area contributed by atoms with E-state index in [2.05, 4.69) is 16.0 Å². The van der Waals surface area contributed by atoms with Crippen LogP contribution in [0.1, 0.15) is 18.4 Å². The van der Waals surface area contributed by atoms with E-state index in [1.807, 2.05) is 0 Å². The van der Waals surface area contributed by atoms with E-state index in [4.69, 9.17) is 11.5 Å².